The Bertz CT molecular complexity index is 693. The molecule has 0 atom stereocenters. The van der Waals surface area contributed by atoms with Crippen LogP contribution >= 0.6 is 0 Å². The van der Waals surface area contributed by atoms with Crippen LogP contribution < -0.4 is 5.32 Å². The van der Waals surface area contributed by atoms with E-state index >= 15 is 0 Å². The predicted molar refractivity (Wildman–Crippen MR) is 92.4 cm³/mol. The second kappa shape index (κ2) is 8.34. The Morgan fingerprint density at radius 2 is 2.00 bits per heavy atom. The van der Waals surface area contributed by atoms with Crippen LogP contribution in [0.15, 0.2) is 41.0 Å². The molecule has 1 heterocycles. The fourth-order valence-electron chi connectivity index (χ4n) is 2.52. The lowest BCUT2D eigenvalue weighted by Gasteiger charge is -2.17. The fraction of sp³-hybridized carbons (Fsp3) is 0.368. The lowest BCUT2D eigenvalue weighted by molar-refractivity contribution is -0.134. The Morgan fingerprint density at radius 1 is 1.21 bits per heavy atom. The van der Waals surface area contributed by atoms with Crippen molar-refractivity contribution in [1.29, 1.82) is 0 Å². The zero-order valence-electron chi connectivity index (χ0n) is 14.5. The molecular weight excluding hydrogens is 304 g/mol. The van der Waals surface area contributed by atoms with Gasteiger partial charge in [0.25, 0.3) is 0 Å². The van der Waals surface area contributed by atoms with Gasteiger partial charge in [0.1, 0.15) is 5.76 Å². The maximum atomic E-state index is 12.2. The molecule has 2 amide bonds. The van der Waals surface area contributed by atoms with E-state index in [0.29, 0.717) is 25.1 Å². The van der Waals surface area contributed by atoms with Gasteiger partial charge in [-0.2, -0.15) is 0 Å². The van der Waals surface area contributed by atoms with Gasteiger partial charge >= 0.3 is 0 Å². The number of benzene rings is 1. The average Bonchev–Trinajstić information content (AvgIpc) is 3.05. The number of aryl methyl sites for hydroxylation is 3. The van der Waals surface area contributed by atoms with Crippen LogP contribution in [-0.4, -0.2) is 30.3 Å². The molecule has 5 heteroatoms. The number of amides is 2. The van der Waals surface area contributed by atoms with Crippen molar-refractivity contribution in [3.05, 3.63) is 59.0 Å². The highest BCUT2D eigenvalue weighted by Gasteiger charge is 2.13. The average molecular weight is 328 g/mol. The first kappa shape index (κ1) is 17.8. The smallest absolute Gasteiger partial charge is 0.239 e. The summed E-state index contributed by atoms with van der Waals surface area (Å²) in [6.45, 7) is 4.48. The van der Waals surface area contributed by atoms with Crippen LogP contribution in [0.5, 0.6) is 0 Å². The molecule has 0 fully saturated rings. The molecule has 5 nitrogen and oxygen atoms in total. The molecule has 1 aromatic carbocycles. The maximum absolute atomic E-state index is 12.2. The second-order valence-electron chi connectivity index (χ2n) is 6.04. The van der Waals surface area contributed by atoms with E-state index in [1.807, 2.05) is 0 Å². The summed E-state index contributed by atoms with van der Waals surface area (Å²) < 4.78 is 5.15. The van der Waals surface area contributed by atoms with Crippen LogP contribution in [0.1, 0.15) is 28.9 Å². The number of hydrogen-bond donors (Lipinski definition) is 1. The Kier molecular flexibility index (Phi) is 6.18. The molecule has 128 valence electrons. The topological polar surface area (TPSA) is 62.6 Å². The summed E-state index contributed by atoms with van der Waals surface area (Å²) in [5.41, 5.74) is 3.58. The minimum atomic E-state index is -0.200. The normalized spacial score (nSPS) is 10.5. The molecule has 0 aliphatic rings. The summed E-state index contributed by atoms with van der Waals surface area (Å²) in [5.74, 6) is 0.448. The third kappa shape index (κ3) is 5.26. The molecule has 0 aliphatic heterocycles. The van der Waals surface area contributed by atoms with Gasteiger partial charge in [0, 0.05) is 13.5 Å². The Morgan fingerprint density at radius 3 is 2.67 bits per heavy atom. The number of nitrogens with one attached hydrogen (secondary N) is 1. The zero-order valence-corrected chi connectivity index (χ0v) is 14.5. The molecule has 0 spiro atoms. The van der Waals surface area contributed by atoms with Crippen molar-refractivity contribution in [3.8, 4) is 0 Å². The molecule has 2 rings (SSSR count). The largest absolute Gasteiger partial charge is 0.467 e. The molecule has 2 aromatic rings. The molecule has 0 bridgehead atoms. The van der Waals surface area contributed by atoms with Gasteiger partial charge in [-0.3, -0.25) is 9.59 Å². The first-order valence-corrected chi connectivity index (χ1v) is 8.05. The Balaban J connectivity index is 1.75. The number of likely N-dealkylation sites (N-methyl/N-ethyl adjacent to an activating group) is 1. The summed E-state index contributed by atoms with van der Waals surface area (Å²) in [6.07, 6.45) is 2.64. The van der Waals surface area contributed by atoms with Gasteiger partial charge in [0.05, 0.1) is 19.4 Å². The Hall–Kier alpha value is -2.56. The molecule has 0 saturated heterocycles. The summed E-state index contributed by atoms with van der Waals surface area (Å²) in [7, 11) is 1.65. The van der Waals surface area contributed by atoms with Gasteiger partial charge in [-0.05, 0) is 43.5 Å². The minimum absolute atomic E-state index is 0.0388. The monoisotopic (exact) mass is 328 g/mol. The van der Waals surface area contributed by atoms with Crippen molar-refractivity contribution in [1.82, 2.24) is 10.2 Å². The van der Waals surface area contributed by atoms with Crippen molar-refractivity contribution in [3.63, 3.8) is 0 Å². The number of furan rings is 1. The Labute approximate surface area is 142 Å². The number of rotatable bonds is 7. The van der Waals surface area contributed by atoms with E-state index in [0.717, 1.165) is 0 Å². The van der Waals surface area contributed by atoms with Crippen LogP contribution in [0.25, 0.3) is 0 Å². The van der Waals surface area contributed by atoms with Crippen LogP contribution in [0.2, 0.25) is 0 Å². The van der Waals surface area contributed by atoms with E-state index in [-0.39, 0.29) is 18.4 Å². The van der Waals surface area contributed by atoms with Crippen LogP contribution in [0.4, 0.5) is 0 Å². The SMILES string of the molecule is Cc1ccc(CCC(=O)N(C)CC(=O)NCc2ccco2)c(C)c1. The van der Waals surface area contributed by atoms with E-state index < -0.39 is 0 Å². The number of carbonyl (C=O) groups excluding carboxylic acids is 2. The van der Waals surface area contributed by atoms with Gasteiger partial charge in [-0.15, -0.1) is 0 Å². The van der Waals surface area contributed by atoms with E-state index in [2.05, 4.69) is 37.4 Å². The highest BCUT2D eigenvalue weighted by atomic mass is 16.3. The first-order valence-electron chi connectivity index (χ1n) is 8.05. The predicted octanol–water partition coefficient (Wildman–Crippen LogP) is 2.60. The molecule has 1 aromatic heterocycles. The quantitative estimate of drug-likeness (QED) is 0.850. The number of carbonyl (C=O) groups is 2. The summed E-state index contributed by atoms with van der Waals surface area (Å²) in [6, 6.07) is 9.79. The van der Waals surface area contributed by atoms with Crippen molar-refractivity contribution in [2.75, 3.05) is 13.6 Å². The molecule has 1 N–H and O–H groups in total. The van der Waals surface area contributed by atoms with Crippen LogP contribution in [0, 0.1) is 13.8 Å². The standard InChI is InChI=1S/C19H24N2O3/c1-14-6-7-16(15(2)11-14)8-9-19(23)21(3)13-18(22)20-12-17-5-4-10-24-17/h4-7,10-11H,8-9,12-13H2,1-3H3,(H,20,22). The maximum Gasteiger partial charge on any atom is 0.239 e. The zero-order chi connectivity index (χ0) is 17.5. The van der Waals surface area contributed by atoms with Gasteiger partial charge in [-0.1, -0.05) is 23.8 Å². The van der Waals surface area contributed by atoms with E-state index in [4.69, 9.17) is 4.42 Å². The first-order chi connectivity index (χ1) is 11.5. The molecule has 24 heavy (non-hydrogen) atoms. The third-order valence-electron chi connectivity index (χ3n) is 3.95. The van der Waals surface area contributed by atoms with Crippen LogP contribution in [-0.2, 0) is 22.6 Å². The summed E-state index contributed by atoms with van der Waals surface area (Å²) in [4.78, 5) is 25.5. The summed E-state index contributed by atoms with van der Waals surface area (Å²) >= 11 is 0. The fourth-order valence-corrected chi connectivity index (χ4v) is 2.52. The molecular formula is C19H24N2O3. The third-order valence-corrected chi connectivity index (χ3v) is 3.95. The van der Waals surface area contributed by atoms with Crippen LogP contribution in [0.3, 0.4) is 0 Å². The molecule has 0 radical (unpaired) electrons. The van der Waals surface area contributed by atoms with E-state index in [1.54, 1.807) is 25.4 Å². The van der Waals surface area contributed by atoms with E-state index in [9.17, 15) is 9.59 Å². The molecule has 0 aliphatic carbocycles. The van der Waals surface area contributed by atoms with Crippen molar-refractivity contribution >= 4 is 11.8 Å². The highest BCUT2D eigenvalue weighted by molar-refractivity contribution is 5.84. The molecule has 0 unspecified atom stereocenters. The van der Waals surface area contributed by atoms with Gasteiger partial charge in [0.2, 0.25) is 11.8 Å². The van der Waals surface area contributed by atoms with E-state index in [1.165, 1.54) is 21.6 Å². The van der Waals surface area contributed by atoms with Gasteiger partial charge < -0.3 is 14.6 Å². The second-order valence-corrected chi connectivity index (χ2v) is 6.04. The summed E-state index contributed by atoms with van der Waals surface area (Å²) in [5, 5.41) is 2.73. The number of hydrogen-bond acceptors (Lipinski definition) is 3. The number of nitrogens with zero attached hydrogens (tertiary/aromatic N) is 1. The van der Waals surface area contributed by atoms with Gasteiger partial charge in [0.15, 0.2) is 0 Å². The molecule has 0 saturated carbocycles. The van der Waals surface area contributed by atoms with Crippen molar-refractivity contribution in [2.45, 2.75) is 33.2 Å². The highest BCUT2D eigenvalue weighted by Crippen LogP contribution is 2.13. The van der Waals surface area contributed by atoms with Crippen molar-refractivity contribution in [2.24, 2.45) is 0 Å². The lowest BCUT2D eigenvalue weighted by atomic mass is 10.0. The van der Waals surface area contributed by atoms with Gasteiger partial charge in [-0.25, -0.2) is 0 Å². The van der Waals surface area contributed by atoms with Crippen molar-refractivity contribution < 1.29 is 14.0 Å². The lowest BCUT2D eigenvalue weighted by Crippen LogP contribution is -2.38. The minimum Gasteiger partial charge on any atom is -0.467 e.